The number of likely N-dealkylation sites (tertiary alicyclic amines) is 1. The molecule has 2 heterocycles. The highest BCUT2D eigenvalue weighted by molar-refractivity contribution is 7.89. The zero-order valence-electron chi connectivity index (χ0n) is 13.1. The lowest BCUT2D eigenvalue weighted by atomic mass is 10.0. The first kappa shape index (κ1) is 16.5. The van der Waals surface area contributed by atoms with Gasteiger partial charge in [-0.25, -0.2) is 13.1 Å². The van der Waals surface area contributed by atoms with Crippen molar-refractivity contribution in [1.29, 1.82) is 0 Å². The van der Waals surface area contributed by atoms with Crippen LogP contribution >= 0.6 is 0 Å². The minimum Gasteiger partial charge on any atom is -0.352 e. The number of hydrogen-bond donors (Lipinski definition) is 2. The molecule has 0 saturated carbocycles. The van der Waals surface area contributed by atoms with Gasteiger partial charge in [0.25, 0.3) is 0 Å². The molecule has 1 saturated heterocycles. The molecule has 21 heavy (non-hydrogen) atoms. The van der Waals surface area contributed by atoms with E-state index in [9.17, 15) is 8.42 Å². The lowest BCUT2D eigenvalue weighted by Gasteiger charge is -2.32. The van der Waals surface area contributed by atoms with Crippen LogP contribution in [-0.4, -0.2) is 51.1 Å². The van der Waals surface area contributed by atoms with Gasteiger partial charge in [-0.15, -0.1) is 0 Å². The molecule has 1 aliphatic heterocycles. The van der Waals surface area contributed by atoms with Gasteiger partial charge in [-0.3, -0.25) is 0 Å². The molecule has 7 heteroatoms. The number of nitrogens with zero attached hydrogens (tertiary/aromatic N) is 2. The molecule has 1 atom stereocenters. The Balaban J connectivity index is 2.02. The summed E-state index contributed by atoms with van der Waals surface area (Å²) in [6.07, 6.45) is 5.10. The Kier molecular flexibility index (Phi) is 5.43. The van der Waals surface area contributed by atoms with Crippen LogP contribution < -0.4 is 10.0 Å². The summed E-state index contributed by atoms with van der Waals surface area (Å²) in [7, 11) is 2.34. The van der Waals surface area contributed by atoms with Crippen LogP contribution in [0.5, 0.6) is 0 Å². The summed E-state index contributed by atoms with van der Waals surface area (Å²) >= 11 is 0. The maximum Gasteiger partial charge on any atom is 0.242 e. The summed E-state index contributed by atoms with van der Waals surface area (Å²) in [5.41, 5.74) is 0.952. The predicted molar refractivity (Wildman–Crippen MR) is 83.6 cm³/mol. The topological polar surface area (TPSA) is 66.4 Å². The van der Waals surface area contributed by atoms with Crippen molar-refractivity contribution in [3.63, 3.8) is 0 Å². The van der Waals surface area contributed by atoms with Gasteiger partial charge in [0.1, 0.15) is 0 Å². The summed E-state index contributed by atoms with van der Waals surface area (Å²) in [4.78, 5) is 2.58. The smallest absolute Gasteiger partial charge is 0.242 e. The molecule has 0 bridgehead atoms. The first-order valence-corrected chi connectivity index (χ1v) is 8.92. The van der Waals surface area contributed by atoms with Crippen LogP contribution in [0.4, 0.5) is 0 Å². The van der Waals surface area contributed by atoms with Crippen molar-refractivity contribution in [3.05, 3.63) is 18.0 Å². The average Bonchev–Trinajstić information content (AvgIpc) is 2.81. The number of sulfonamides is 1. The van der Waals surface area contributed by atoms with E-state index in [-0.39, 0.29) is 0 Å². The minimum absolute atomic E-state index is 0.300. The number of piperidine rings is 1. The molecular weight excluding hydrogens is 288 g/mol. The Bertz CT molecular complexity index is 568. The zero-order chi connectivity index (χ0) is 15.5. The molecule has 0 amide bonds. The SMILES string of the molecule is CNCc1cc(S(=O)(=O)NCC2CCCCN2C)cn1C. The fourth-order valence-electron chi connectivity index (χ4n) is 2.77. The molecule has 1 fully saturated rings. The average molecular weight is 314 g/mol. The molecule has 6 nitrogen and oxygen atoms in total. The molecule has 0 aromatic carbocycles. The van der Waals surface area contributed by atoms with Crippen LogP contribution in [0.25, 0.3) is 0 Å². The number of rotatable bonds is 6. The predicted octanol–water partition coefficient (Wildman–Crippen LogP) is 0.507. The number of hydrogen-bond acceptors (Lipinski definition) is 4. The monoisotopic (exact) mass is 314 g/mol. The van der Waals surface area contributed by atoms with E-state index in [1.165, 1.54) is 12.8 Å². The van der Waals surface area contributed by atoms with Gasteiger partial charge >= 0.3 is 0 Å². The largest absolute Gasteiger partial charge is 0.352 e. The van der Waals surface area contributed by atoms with Gasteiger partial charge in [0.2, 0.25) is 10.0 Å². The maximum absolute atomic E-state index is 12.4. The Morgan fingerprint density at radius 2 is 2.10 bits per heavy atom. The van der Waals surface area contributed by atoms with Crippen LogP contribution in [0.3, 0.4) is 0 Å². The lowest BCUT2D eigenvalue weighted by Crippen LogP contribution is -2.44. The Labute approximate surface area is 127 Å². The third-order valence-electron chi connectivity index (χ3n) is 4.18. The highest BCUT2D eigenvalue weighted by Crippen LogP contribution is 2.16. The summed E-state index contributed by atoms with van der Waals surface area (Å²) in [6.45, 7) is 2.18. The third-order valence-corrected chi connectivity index (χ3v) is 5.57. The summed E-state index contributed by atoms with van der Waals surface area (Å²) < 4.78 is 29.4. The maximum atomic E-state index is 12.4. The molecule has 0 radical (unpaired) electrons. The first-order valence-electron chi connectivity index (χ1n) is 7.44. The highest BCUT2D eigenvalue weighted by atomic mass is 32.2. The molecule has 1 aliphatic rings. The Morgan fingerprint density at radius 1 is 1.33 bits per heavy atom. The summed E-state index contributed by atoms with van der Waals surface area (Å²) in [6, 6.07) is 2.03. The van der Waals surface area contributed by atoms with E-state index in [2.05, 4.69) is 22.0 Å². The molecule has 2 rings (SSSR count). The first-order chi connectivity index (χ1) is 9.94. The van der Waals surface area contributed by atoms with E-state index < -0.39 is 10.0 Å². The Morgan fingerprint density at radius 3 is 2.76 bits per heavy atom. The van der Waals surface area contributed by atoms with E-state index in [0.29, 0.717) is 24.0 Å². The van der Waals surface area contributed by atoms with Crippen LogP contribution in [0.15, 0.2) is 17.2 Å². The zero-order valence-corrected chi connectivity index (χ0v) is 13.9. The van der Waals surface area contributed by atoms with E-state index >= 15 is 0 Å². The van der Waals surface area contributed by atoms with Crippen molar-refractivity contribution < 1.29 is 8.42 Å². The molecule has 1 aromatic heterocycles. The normalized spacial score (nSPS) is 20.8. The van der Waals surface area contributed by atoms with Gasteiger partial charge in [0, 0.05) is 38.1 Å². The van der Waals surface area contributed by atoms with Gasteiger partial charge in [0.15, 0.2) is 0 Å². The van der Waals surface area contributed by atoms with Crippen molar-refractivity contribution in [3.8, 4) is 0 Å². The van der Waals surface area contributed by atoms with Gasteiger partial charge in [-0.1, -0.05) is 6.42 Å². The van der Waals surface area contributed by atoms with E-state index in [0.717, 1.165) is 18.7 Å². The van der Waals surface area contributed by atoms with Crippen LogP contribution in [0.1, 0.15) is 25.0 Å². The fourth-order valence-corrected chi connectivity index (χ4v) is 3.94. The molecule has 0 spiro atoms. The van der Waals surface area contributed by atoms with Gasteiger partial charge in [-0.2, -0.15) is 0 Å². The molecule has 120 valence electrons. The van der Waals surface area contributed by atoms with E-state index in [1.807, 2.05) is 18.7 Å². The second-order valence-electron chi connectivity index (χ2n) is 5.79. The lowest BCUT2D eigenvalue weighted by molar-refractivity contribution is 0.187. The molecular formula is C14H26N4O2S. The van der Waals surface area contributed by atoms with Crippen molar-refractivity contribution >= 4 is 10.0 Å². The Hall–Kier alpha value is -0.890. The number of aryl methyl sites for hydroxylation is 1. The second-order valence-corrected chi connectivity index (χ2v) is 7.56. The standard InChI is InChI=1S/C14H26N4O2S/c1-15-9-13-8-14(11-18(13)3)21(19,20)16-10-12-6-4-5-7-17(12)2/h8,11-12,15-16H,4-7,9-10H2,1-3H3. The number of aromatic nitrogens is 1. The van der Waals surface area contributed by atoms with Gasteiger partial charge in [-0.05, 0) is 39.5 Å². The summed E-state index contributed by atoms with van der Waals surface area (Å²) in [5.74, 6) is 0. The van der Waals surface area contributed by atoms with Crippen molar-refractivity contribution in [2.45, 2.75) is 36.7 Å². The molecule has 2 N–H and O–H groups in total. The highest BCUT2D eigenvalue weighted by Gasteiger charge is 2.23. The second kappa shape index (κ2) is 6.91. The van der Waals surface area contributed by atoms with E-state index in [1.54, 1.807) is 12.3 Å². The van der Waals surface area contributed by atoms with Crippen molar-refractivity contribution in [2.24, 2.45) is 7.05 Å². The van der Waals surface area contributed by atoms with Crippen molar-refractivity contribution in [1.82, 2.24) is 19.5 Å². The molecule has 1 aromatic rings. The quantitative estimate of drug-likeness (QED) is 0.803. The van der Waals surface area contributed by atoms with Crippen LogP contribution in [0.2, 0.25) is 0 Å². The van der Waals surface area contributed by atoms with E-state index in [4.69, 9.17) is 0 Å². The third kappa shape index (κ3) is 4.06. The number of nitrogens with one attached hydrogen (secondary N) is 2. The fraction of sp³-hybridized carbons (Fsp3) is 0.714. The number of likely N-dealkylation sites (N-methyl/N-ethyl adjacent to an activating group) is 1. The van der Waals surface area contributed by atoms with Gasteiger partial charge < -0.3 is 14.8 Å². The van der Waals surface area contributed by atoms with Gasteiger partial charge in [0.05, 0.1) is 4.90 Å². The van der Waals surface area contributed by atoms with Crippen molar-refractivity contribution in [2.75, 3.05) is 27.2 Å². The summed E-state index contributed by atoms with van der Waals surface area (Å²) in [5, 5.41) is 3.04. The molecule has 0 aliphatic carbocycles. The minimum atomic E-state index is -3.43. The molecule has 1 unspecified atom stereocenters. The van der Waals surface area contributed by atoms with Crippen LogP contribution in [-0.2, 0) is 23.6 Å². The van der Waals surface area contributed by atoms with Crippen LogP contribution in [0, 0.1) is 0 Å².